The van der Waals surface area contributed by atoms with Crippen LogP contribution in [0.3, 0.4) is 0 Å². The van der Waals surface area contributed by atoms with E-state index in [-0.39, 0.29) is 5.97 Å². The summed E-state index contributed by atoms with van der Waals surface area (Å²) in [5, 5.41) is 0. The summed E-state index contributed by atoms with van der Waals surface area (Å²) in [7, 11) is 0. The van der Waals surface area contributed by atoms with Gasteiger partial charge >= 0.3 is 5.97 Å². The van der Waals surface area contributed by atoms with Crippen molar-refractivity contribution in [2.45, 2.75) is 168 Å². The Bertz CT molecular complexity index is 396. The first-order valence-corrected chi connectivity index (χ1v) is 15.5. The topological polar surface area (TPSA) is 35.5 Å². The first-order chi connectivity index (χ1) is 16.7. The van der Waals surface area contributed by atoms with E-state index in [1.54, 1.807) is 0 Å². The zero-order valence-electron chi connectivity index (χ0n) is 23.7. The lowest BCUT2D eigenvalue weighted by Crippen LogP contribution is -2.15. The Morgan fingerprint density at radius 2 is 0.912 bits per heavy atom. The van der Waals surface area contributed by atoms with Crippen molar-refractivity contribution in [1.82, 2.24) is 0 Å². The molecule has 0 aromatic rings. The van der Waals surface area contributed by atoms with Crippen LogP contribution in [0.15, 0.2) is 0 Å². The number of carbonyl (C=O) groups excluding carboxylic acids is 1. The van der Waals surface area contributed by atoms with Gasteiger partial charge in [0.15, 0.2) is 0 Å². The third-order valence-corrected chi connectivity index (χ3v) is 7.02. The van der Waals surface area contributed by atoms with Crippen LogP contribution in [0.5, 0.6) is 0 Å². The molecule has 0 rings (SSSR count). The molecule has 0 saturated heterocycles. The highest BCUT2D eigenvalue weighted by Gasteiger charge is 2.15. The summed E-state index contributed by atoms with van der Waals surface area (Å²) in [5.74, 6) is 0.485. The zero-order valence-corrected chi connectivity index (χ0v) is 23.7. The first kappa shape index (κ1) is 33.4. The van der Waals surface area contributed by atoms with E-state index in [4.69, 9.17) is 9.47 Å². The molecule has 204 valence electrons. The molecular weight excluding hydrogens is 420 g/mol. The predicted octanol–water partition coefficient (Wildman–Crippen LogP) is 10.2. The molecule has 3 nitrogen and oxygen atoms in total. The van der Waals surface area contributed by atoms with Gasteiger partial charge in [-0.15, -0.1) is 0 Å². The van der Waals surface area contributed by atoms with Gasteiger partial charge < -0.3 is 9.47 Å². The third-order valence-electron chi connectivity index (χ3n) is 7.02. The van der Waals surface area contributed by atoms with Crippen molar-refractivity contribution in [2.75, 3.05) is 19.8 Å². The number of hydrogen-bond acceptors (Lipinski definition) is 3. The molecule has 1 unspecified atom stereocenters. The molecule has 1 atom stereocenters. The van der Waals surface area contributed by atoms with E-state index in [1.807, 2.05) is 0 Å². The highest BCUT2D eigenvalue weighted by atomic mass is 16.6. The summed E-state index contributed by atoms with van der Waals surface area (Å²) in [6, 6.07) is 0. The van der Waals surface area contributed by atoms with Gasteiger partial charge in [0, 0.05) is 13.0 Å². The molecule has 0 spiro atoms. The minimum Gasteiger partial charge on any atom is -0.463 e. The quantitative estimate of drug-likeness (QED) is 0.0821. The zero-order chi connectivity index (χ0) is 25.0. The minimum atomic E-state index is -0.0178. The molecule has 0 aromatic heterocycles. The monoisotopic (exact) mass is 482 g/mol. The number of ether oxygens (including phenoxy) is 2. The van der Waals surface area contributed by atoms with E-state index in [0.717, 1.165) is 19.4 Å². The molecule has 34 heavy (non-hydrogen) atoms. The smallest absolute Gasteiger partial charge is 0.306 e. The molecule has 0 aliphatic rings. The standard InChI is InChI=1S/C31H62O3/c1-4-7-10-12-14-16-17-19-21-23-25-30(24-22-20-18-15-13-11-8-5-2)29-31(32)34-28-27-33-26-9-6-3/h30H,4-29H2,1-3H3. The second-order valence-corrected chi connectivity index (χ2v) is 10.5. The van der Waals surface area contributed by atoms with Crippen LogP contribution in [-0.4, -0.2) is 25.8 Å². The van der Waals surface area contributed by atoms with Crippen LogP contribution in [0.1, 0.15) is 168 Å². The van der Waals surface area contributed by atoms with E-state index >= 15 is 0 Å². The van der Waals surface area contributed by atoms with E-state index < -0.39 is 0 Å². The van der Waals surface area contributed by atoms with Crippen LogP contribution in [-0.2, 0) is 14.3 Å². The largest absolute Gasteiger partial charge is 0.463 e. The Hall–Kier alpha value is -0.570. The lowest BCUT2D eigenvalue weighted by molar-refractivity contribution is -0.146. The summed E-state index contributed by atoms with van der Waals surface area (Å²) >= 11 is 0. The number of unbranched alkanes of at least 4 members (excludes halogenated alkanes) is 17. The van der Waals surface area contributed by atoms with E-state index in [1.165, 1.54) is 128 Å². The maximum atomic E-state index is 12.4. The van der Waals surface area contributed by atoms with Crippen molar-refractivity contribution in [3.63, 3.8) is 0 Å². The molecule has 0 heterocycles. The summed E-state index contributed by atoms with van der Waals surface area (Å²) < 4.78 is 11.0. The van der Waals surface area contributed by atoms with Gasteiger partial charge in [-0.2, -0.15) is 0 Å². The fourth-order valence-electron chi connectivity index (χ4n) is 4.69. The van der Waals surface area contributed by atoms with Crippen molar-refractivity contribution in [3.05, 3.63) is 0 Å². The van der Waals surface area contributed by atoms with Crippen molar-refractivity contribution in [3.8, 4) is 0 Å². The minimum absolute atomic E-state index is 0.0178. The molecule has 0 aliphatic heterocycles. The van der Waals surface area contributed by atoms with E-state index in [9.17, 15) is 4.79 Å². The second kappa shape index (κ2) is 28.7. The van der Waals surface area contributed by atoms with Crippen LogP contribution in [0.25, 0.3) is 0 Å². The van der Waals surface area contributed by atoms with Crippen LogP contribution in [0.4, 0.5) is 0 Å². The maximum Gasteiger partial charge on any atom is 0.306 e. The Morgan fingerprint density at radius 3 is 1.35 bits per heavy atom. The number of rotatable bonds is 28. The fraction of sp³-hybridized carbons (Fsp3) is 0.968. The molecule has 0 aliphatic carbocycles. The van der Waals surface area contributed by atoms with Gasteiger partial charge in [0.1, 0.15) is 6.61 Å². The second-order valence-electron chi connectivity index (χ2n) is 10.5. The Balaban J connectivity index is 4.01. The Kier molecular flexibility index (Phi) is 28.2. The number of esters is 1. The van der Waals surface area contributed by atoms with Crippen molar-refractivity contribution in [1.29, 1.82) is 0 Å². The van der Waals surface area contributed by atoms with Gasteiger partial charge in [0.2, 0.25) is 0 Å². The molecular formula is C31H62O3. The average molecular weight is 483 g/mol. The van der Waals surface area contributed by atoms with Crippen LogP contribution < -0.4 is 0 Å². The van der Waals surface area contributed by atoms with E-state index in [2.05, 4.69) is 20.8 Å². The average Bonchev–Trinajstić information content (AvgIpc) is 2.83. The third kappa shape index (κ3) is 26.0. The molecule has 0 amide bonds. The lowest BCUT2D eigenvalue weighted by Gasteiger charge is -2.16. The van der Waals surface area contributed by atoms with Crippen molar-refractivity contribution >= 4 is 5.97 Å². The summed E-state index contributed by atoms with van der Waals surface area (Å²) in [4.78, 5) is 12.4. The normalized spacial score (nSPS) is 12.2. The van der Waals surface area contributed by atoms with Crippen LogP contribution >= 0.6 is 0 Å². The maximum absolute atomic E-state index is 12.4. The van der Waals surface area contributed by atoms with Gasteiger partial charge in [0.05, 0.1) is 6.61 Å². The predicted molar refractivity (Wildman–Crippen MR) is 148 cm³/mol. The summed E-state index contributed by atoms with van der Waals surface area (Å²) in [6.45, 7) is 8.43. The van der Waals surface area contributed by atoms with Gasteiger partial charge in [-0.25, -0.2) is 0 Å². The van der Waals surface area contributed by atoms with Gasteiger partial charge in [-0.3, -0.25) is 4.79 Å². The summed E-state index contributed by atoms with van der Waals surface area (Å²) in [6.07, 6.45) is 29.7. The molecule has 3 heteroatoms. The number of hydrogen-bond donors (Lipinski definition) is 0. The molecule has 0 aromatic carbocycles. The SMILES string of the molecule is CCCCCCCCCCCCC(CCCCCCCCCC)CC(=O)OCCOCCCC. The molecule has 0 bridgehead atoms. The van der Waals surface area contributed by atoms with E-state index in [0.29, 0.717) is 25.6 Å². The first-order valence-electron chi connectivity index (χ1n) is 15.5. The Labute approximate surface area is 214 Å². The summed E-state index contributed by atoms with van der Waals surface area (Å²) in [5.41, 5.74) is 0. The van der Waals surface area contributed by atoms with Gasteiger partial charge in [0.25, 0.3) is 0 Å². The van der Waals surface area contributed by atoms with Crippen LogP contribution in [0, 0.1) is 5.92 Å². The number of carbonyl (C=O) groups is 1. The molecule has 0 saturated carbocycles. The fourth-order valence-corrected chi connectivity index (χ4v) is 4.69. The van der Waals surface area contributed by atoms with Crippen molar-refractivity contribution in [2.24, 2.45) is 5.92 Å². The molecule has 0 radical (unpaired) electrons. The highest BCUT2D eigenvalue weighted by Crippen LogP contribution is 2.23. The van der Waals surface area contributed by atoms with Gasteiger partial charge in [-0.05, 0) is 25.2 Å². The highest BCUT2D eigenvalue weighted by molar-refractivity contribution is 5.69. The van der Waals surface area contributed by atoms with Gasteiger partial charge in [-0.1, -0.05) is 143 Å². The lowest BCUT2D eigenvalue weighted by atomic mass is 9.91. The molecule has 0 N–H and O–H groups in total. The Morgan fingerprint density at radius 1 is 0.500 bits per heavy atom. The van der Waals surface area contributed by atoms with Crippen LogP contribution in [0.2, 0.25) is 0 Å². The van der Waals surface area contributed by atoms with Crippen molar-refractivity contribution < 1.29 is 14.3 Å². The molecule has 0 fully saturated rings.